The molecule has 1 aliphatic heterocycles. The summed E-state index contributed by atoms with van der Waals surface area (Å²) in [6, 6.07) is 11.3. The van der Waals surface area contributed by atoms with Crippen molar-refractivity contribution in [3.8, 4) is 0 Å². The molecule has 3 rings (SSSR count). The predicted molar refractivity (Wildman–Crippen MR) is 117 cm³/mol. The third kappa shape index (κ3) is 5.32. The molecule has 0 aliphatic carbocycles. The molecule has 0 radical (unpaired) electrons. The second-order valence-corrected chi connectivity index (χ2v) is 8.40. The minimum absolute atomic E-state index is 0.0777. The fraction of sp³-hybridized carbons (Fsp3) is 0.318. The number of halogens is 2. The van der Waals surface area contributed by atoms with Gasteiger partial charge >= 0.3 is 5.97 Å². The number of carbonyl (C=O) groups is 3. The Morgan fingerprint density at radius 2 is 1.87 bits per heavy atom. The quantitative estimate of drug-likeness (QED) is 0.643. The molecule has 8 heteroatoms. The number of rotatable bonds is 6. The van der Waals surface area contributed by atoms with Gasteiger partial charge in [-0.3, -0.25) is 9.59 Å². The monoisotopic (exact) mass is 448 g/mol. The van der Waals surface area contributed by atoms with Gasteiger partial charge in [0.15, 0.2) is 0 Å². The highest BCUT2D eigenvalue weighted by Crippen LogP contribution is 2.33. The molecular formula is C22H22Cl2N2O4. The van der Waals surface area contributed by atoms with Gasteiger partial charge in [-0.05, 0) is 48.4 Å². The molecular weight excluding hydrogens is 427 g/mol. The van der Waals surface area contributed by atoms with Crippen LogP contribution >= 0.6 is 23.2 Å². The van der Waals surface area contributed by atoms with Gasteiger partial charge in [0.05, 0.1) is 28.8 Å². The van der Waals surface area contributed by atoms with E-state index in [1.807, 2.05) is 13.8 Å². The molecule has 2 amide bonds. The summed E-state index contributed by atoms with van der Waals surface area (Å²) in [5.74, 6) is -1.15. The number of amides is 2. The molecule has 1 atom stereocenters. The van der Waals surface area contributed by atoms with Crippen LogP contribution in [0.1, 0.15) is 30.6 Å². The van der Waals surface area contributed by atoms with Gasteiger partial charge < -0.3 is 15.0 Å². The van der Waals surface area contributed by atoms with Crippen molar-refractivity contribution in [3.05, 3.63) is 58.1 Å². The Kier molecular flexibility index (Phi) is 7.00. The zero-order valence-electron chi connectivity index (χ0n) is 16.7. The summed E-state index contributed by atoms with van der Waals surface area (Å²) in [6.45, 7) is 4.48. The van der Waals surface area contributed by atoms with E-state index >= 15 is 0 Å². The van der Waals surface area contributed by atoms with Crippen LogP contribution in [-0.4, -0.2) is 30.9 Å². The van der Waals surface area contributed by atoms with Crippen LogP contribution in [0.5, 0.6) is 0 Å². The van der Waals surface area contributed by atoms with Gasteiger partial charge in [-0.15, -0.1) is 0 Å². The van der Waals surface area contributed by atoms with E-state index in [1.54, 1.807) is 42.5 Å². The molecule has 0 unspecified atom stereocenters. The van der Waals surface area contributed by atoms with Crippen molar-refractivity contribution in [2.45, 2.75) is 20.3 Å². The van der Waals surface area contributed by atoms with Crippen molar-refractivity contribution in [2.75, 3.05) is 23.4 Å². The van der Waals surface area contributed by atoms with Gasteiger partial charge in [-0.25, -0.2) is 4.79 Å². The fourth-order valence-electron chi connectivity index (χ4n) is 3.07. The van der Waals surface area contributed by atoms with Crippen LogP contribution in [0.3, 0.4) is 0 Å². The molecule has 6 nitrogen and oxygen atoms in total. The van der Waals surface area contributed by atoms with Crippen molar-refractivity contribution in [3.63, 3.8) is 0 Å². The molecule has 1 heterocycles. The van der Waals surface area contributed by atoms with Gasteiger partial charge in [0.25, 0.3) is 0 Å². The number of hydrogen-bond donors (Lipinski definition) is 1. The number of carbonyl (C=O) groups excluding carboxylic acids is 3. The lowest BCUT2D eigenvalue weighted by Crippen LogP contribution is -2.28. The second kappa shape index (κ2) is 9.49. The van der Waals surface area contributed by atoms with E-state index in [-0.39, 0.29) is 30.7 Å². The number of ether oxygens (including phenoxy) is 1. The van der Waals surface area contributed by atoms with E-state index in [2.05, 4.69) is 5.32 Å². The molecule has 0 aromatic heterocycles. The first-order valence-corrected chi connectivity index (χ1v) is 10.3. The Hall–Kier alpha value is -2.57. The Balaban J connectivity index is 1.62. The highest BCUT2D eigenvalue weighted by Gasteiger charge is 2.36. The van der Waals surface area contributed by atoms with E-state index in [0.717, 1.165) is 0 Å². The third-order valence-corrected chi connectivity index (χ3v) is 5.19. The number of nitrogens with one attached hydrogen (secondary N) is 1. The molecule has 0 bridgehead atoms. The SMILES string of the molecule is CC(C)COC(=O)c1ccc(NC(=O)[C@@H]2CC(=O)N(c3cc(Cl)ccc3Cl)C2)cc1. The molecule has 1 fully saturated rings. The lowest BCUT2D eigenvalue weighted by molar-refractivity contribution is -0.122. The Bertz CT molecular complexity index is 960. The zero-order chi connectivity index (χ0) is 21.8. The van der Waals surface area contributed by atoms with Crippen LogP contribution in [0.2, 0.25) is 10.0 Å². The average Bonchev–Trinajstić information content (AvgIpc) is 3.10. The number of nitrogens with zero attached hydrogens (tertiary/aromatic N) is 1. The summed E-state index contributed by atoms with van der Waals surface area (Å²) in [4.78, 5) is 38.5. The van der Waals surface area contributed by atoms with Crippen LogP contribution in [0.25, 0.3) is 0 Å². The average molecular weight is 449 g/mol. The van der Waals surface area contributed by atoms with Crippen molar-refractivity contribution >= 4 is 52.4 Å². The lowest BCUT2D eigenvalue weighted by atomic mass is 10.1. The van der Waals surface area contributed by atoms with Crippen molar-refractivity contribution in [1.82, 2.24) is 0 Å². The molecule has 158 valence electrons. The largest absolute Gasteiger partial charge is 0.462 e. The highest BCUT2D eigenvalue weighted by molar-refractivity contribution is 6.36. The maximum atomic E-state index is 12.6. The lowest BCUT2D eigenvalue weighted by Gasteiger charge is -2.18. The van der Waals surface area contributed by atoms with E-state index < -0.39 is 11.9 Å². The molecule has 1 aliphatic rings. The van der Waals surface area contributed by atoms with Gasteiger partial charge in [0.2, 0.25) is 11.8 Å². The van der Waals surface area contributed by atoms with Gasteiger partial charge in [-0.1, -0.05) is 37.0 Å². The number of benzene rings is 2. The van der Waals surface area contributed by atoms with Crippen molar-refractivity contribution in [2.24, 2.45) is 11.8 Å². The van der Waals surface area contributed by atoms with Crippen LogP contribution in [0, 0.1) is 11.8 Å². The number of anilines is 2. The minimum atomic E-state index is -0.525. The minimum Gasteiger partial charge on any atom is -0.462 e. The van der Waals surface area contributed by atoms with Gasteiger partial charge in [0.1, 0.15) is 0 Å². The van der Waals surface area contributed by atoms with E-state index in [1.165, 1.54) is 4.90 Å². The number of esters is 1. The summed E-state index contributed by atoms with van der Waals surface area (Å²) in [5.41, 5.74) is 1.44. The Labute approximate surface area is 185 Å². The molecule has 1 N–H and O–H groups in total. The summed E-state index contributed by atoms with van der Waals surface area (Å²) >= 11 is 12.2. The highest BCUT2D eigenvalue weighted by atomic mass is 35.5. The third-order valence-electron chi connectivity index (χ3n) is 4.63. The first-order valence-electron chi connectivity index (χ1n) is 9.58. The zero-order valence-corrected chi connectivity index (χ0v) is 18.2. The predicted octanol–water partition coefficient (Wildman–Crippen LogP) is 4.80. The Morgan fingerprint density at radius 3 is 2.53 bits per heavy atom. The normalized spacial score (nSPS) is 16.1. The smallest absolute Gasteiger partial charge is 0.338 e. The first kappa shape index (κ1) is 22.1. The molecule has 0 saturated carbocycles. The second-order valence-electron chi connectivity index (χ2n) is 7.56. The first-order chi connectivity index (χ1) is 14.2. The standard InChI is InChI=1S/C22H22Cl2N2O4/c1-13(2)12-30-22(29)14-3-6-17(7-4-14)25-21(28)15-9-20(27)26(11-15)19-10-16(23)5-8-18(19)24/h3-8,10,13,15H,9,11-12H2,1-2H3,(H,25,28)/t15-/m1/s1. The van der Waals surface area contributed by atoms with Gasteiger partial charge in [0, 0.05) is 23.7 Å². The van der Waals surface area contributed by atoms with Gasteiger partial charge in [-0.2, -0.15) is 0 Å². The molecule has 1 saturated heterocycles. The van der Waals surface area contributed by atoms with Crippen molar-refractivity contribution < 1.29 is 19.1 Å². The molecule has 30 heavy (non-hydrogen) atoms. The maximum absolute atomic E-state index is 12.6. The maximum Gasteiger partial charge on any atom is 0.338 e. The fourth-order valence-corrected chi connectivity index (χ4v) is 3.45. The summed E-state index contributed by atoms with van der Waals surface area (Å²) in [6.07, 6.45) is 0.0777. The van der Waals surface area contributed by atoms with Crippen LogP contribution in [0.15, 0.2) is 42.5 Å². The van der Waals surface area contributed by atoms with Crippen LogP contribution in [0.4, 0.5) is 11.4 Å². The molecule has 2 aromatic rings. The molecule has 0 spiro atoms. The van der Waals surface area contributed by atoms with Crippen molar-refractivity contribution in [1.29, 1.82) is 0 Å². The van der Waals surface area contributed by atoms with Crippen LogP contribution in [-0.2, 0) is 14.3 Å². The van der Waals surface area contributed by atoms with Crippen LogP contribution < -0.4 is 10.2 Å². The summed E-state index contributed by atoms with van der Waals surface area (Å²) < 4.78 is 5.19. The molecule has 2 aromatic carbocycles. The summed E-state index contributed by atoms with van der Waals surface area (Å²) in [5, 5.41) is 3.65. The number of hydrogen-bond acceptors (Lipinski definition) is 4. The topological polar surface area (TPSA) is 75.7 Å². The van der Waals surface area contributed by atoms with E-state index in [4.69, 9.17) is 27.9 Å². The summed E-state index contributed by atoms with van der Waals surface area (Å²) in [7, 11) is 0. The van der Waals surface area contributed by atoms with E-state index in [9.17, 15) is 14.4 Å². The van der Waals surface area contributed by atoms with E-state index in [0.29, 0.717) is 33.6 Å². The Morgan fingerprint density at radius 1 is 1.17 bits per heavy atom.